The maximum absolute atomic E-state index is 13.3. The number of nitrogens with zero attached hydrogens (tertiary/aromatic N) is 3. The molecule has 2 heterocycles. The first kappa shape index (κ1) is 18.9. The van der Waals surface area contributed by atoms with E-state index in [1.54, 1.807) is 11.6 Å². The summed E-state index contributed by atoms with van der Waals surface area (Å²) in [5, 5.41) is 14.0. The number of halogens is 2. The monoisotopic (exact) mass is 413 g/mol. The lowest BCUT2D eigenvalue weighted by Crippen LogP contribution is -2.54. The Hall–Kier alpha value is -1.90. The number of hydrogen-bond donors (Lipinski definition) is 2. The Morgan fingerprint density at radius 2 is 2.42 bits per heavy atom. The number of rotatable bonds is 4. The van der Waals surface area contributed by atoms with Gasteiger partial charge in [0.1, 0.15) is 23.4 Å². The van der Waals surface area contributed by atoms with Gasteiger partial charge in [0.2, 0.25) is 5.91 Å². The Morgan fingerprint density at radius 1 is 1.62 bits per heavy atom. The molecule has 0 bridgehead atoms. The zero-order valence-corrected chi connectivity index (χ0v) is 15.6. The van der Waals surface area contributed by atoms with Crippen LogP contribution in [0.4, 0.5) is 10.1 Å². The van der Waals surface area contributed by atoms with Crippen molar-refractivity contribution in [2.45, 2.75) is 18.5 Å². The van der Waals surface area contributed by atoms with Gasteiger partial charge in [0.15, 0.2) is 11.2 Å². The molecule has 136 valence electrons. The van der Waals surface area contributed by atoms with Gasteiger partial charge in [-0.15, -0.1) is 11.3 Å². The Kier molecular flexibility index (Phi) is 5.95. The number of thiazole rings is 1. The largest absolute Gasteiger partial charge is 0.325 e. The third-order valence-corrected chi connectivity index (χ3v) is 6.20. The second-order valence-electron chi connectivity index (χ2n) is 5.39. The van der Waals surface area contributed by atoms with Crippen molar-refractivity contribution in [3.63, 3.8) is 0 Å². The Labute approximate surface area is 160 Å². The van der Waals surface area contributed by atoms with Crippen LogP contribution in [-0.2, 0) is 16.0 Å². The van der Waals surface area contributed by atoms with Crippen molar-refractivity contribution in [3.05, 3.63) is 45.6 Å². The summed E-state index contributed by atoms with van der Waals surface area (Å²) in [6.07, 6.45) is 1.91. The summed E-state index contributed by atoms with van der Waals surface area (Å²) in [7, 11) is 0. The van der Waals surface area contributed by atoms with Crippen LogP contribution in [0, 0.1) is 17.1 Å². The number of hydrogen-bond acceptors (Lipinski definition) is 5. The van der Waals surface area contributed by atoms with Crippen LogP contribution in [0.3, 0.4) is 0 Å². The predicted molar refractivity (Wildman–Crippen MR) is 96.9 cm³/mol. The van der Waals surface area contributed by atoms with Gasteiger partial charge in [0, 0.05) is 17.3 Å². The summed E-state index contributed by atoms with van der Waals surface area (Å²) in [5.41, 5.74) is 0.313. The van der Waals surface area contributed by atoms with E-state index in [9.17, 15) is 13.4 Å². The SMILES string of the molecule is N#CCN1C(C(=O)Nc2ccc(F)c(Cl)c2)CC(c2nccs2)NS1=O. The first-order valence-corrected chi connectivity index (χ1v) is 9.83. The lowest BCUT2D eigenvalue weighted by molar-refractivity contribution is -0.120. The van der Waals surface area contributed by atoms with Crippen LogP contribution in [0.5, 0.6) is 0 Å². The molecular formula is C15H13ClFN5O2S2. The third kappa shape index (κ3) is 4.08. The fraction of sp³-hybridized carbons (Fsp3) is 0.267. The fourth-order valence-electron chi connectivity index (χ4n) is 2.53. The molecule has 1 aromatic carbocycles. The number of nitrogens with one attached hydrogen (secondary N) is 2. The molecule has 3 unspecified atom stereocenters. The second-order valence-corrected chi connectivity index (χ2v) is 7.93. The van der Waals surface area contributed by atoms with Gasteiger partial charge in [0.25, 0.3) is 0 Å². The number of carbonyl (C=O) groups excluding carboxylic acids is 1. The van der Waals surface area contributed by atoms with Crippen LogP contribution in [-0.4, -0.2) is 32.0 Å². The molecule has 0 spiro atoms. The molecule has 2 N–H and O–H groups in total. The zero-order valence-electron chi connectivity index (χ0n) is 13.2. The molecule has 7 nitrogen and oxygen atoms in total. The van der Waals surface area contributed by atoms with E-state index in [0.29, 0.717) is 10.7 Å². The minimum absolute atomic E-state index is 0.119. The number of nitriles is 1. The highest BCUT2D eigenvalue weighted by Gasteiger charge is 2.39. The predicted octanol–water partition coefficient (Wildman–Crippen LogP) is 2.38. The maximum Gasteiger partial charge on any atom is 0.242 e. The summed E-state index contributed by atoms with van der Waals surface area (Å²) in [4.78, 5) is 16.9. The molecule has 1 aromatic heterocycles. The molecule has 3 atom stereocenters. The zero-order chi connectivity index (χ0) is 18.7. The van der Waals surface area contributed by atoms with Crippen LogP contribution in [0.2, 0.25) is 5.02 Å². The first-order chi connectivity index (χ1) is 12.5. The smallest absolute Gasteiger partial charge is 0.242 e. The van der Waals surface area contributed by atoms with Gasteiger partial charge in [-0.3, -0.25) is 4.79 Å². The van der Waals surface area contributed by atoms with Crippen LogP contribution in [0.15, 0.2) is 29.8 Å². The molecule has 1 fully saturated rings. The van der Waals surface area contributed by atoms with Crippen LogP contribution in [0.1, 0.15) is 17.5 Å². The highest BCUT2D eigenvalue weighted by atomic mass is 35.5. The van der Waals surface area contributed by atoms with Gasteiger partial charge in [-0.2, -0.15) is 9.57 Å². The molecule has 1 amide bonds. The Bertz CT molecular complexity index is 873. The minimum Gasteiger partial charge on any atom is -0.325 e. The van der Waals surface area contributed by atoms with E-state index in [2.05, 4.69) is 15.0 Å². The van der Waals surface area contributed by atoms with Crippen molar-refractivity contribution >= 4 is 45.7 Å². The molecule has 1 aliphatic heterocycles. The van der Waals surface area contributed by atoms with E-state index in [-0.39, 0.29) is 24.0 Å². The Morgan fingerprint density at radius 3 is 3.08 bits per heavy atom. The molecule has 1 aliphatic rings. The van der Waals surface area contributed by atoms with Crippen molar-refractivity contribution in [1.82, 2.24) is 14.0 Å². The second kappa shape index (κ2) is 8.20. The fourth-order valence-corrected chi connectivity index (χ4v) is 4.66. The molecule has 3 rings (SSSR count). The quantitative estimate of drug-likeness (QED) is 0.752. The van der Waals surface area contributed by atoms with Gasteiger partial charge in [0.05, 0.1) is 17.1 Å². The summed E-state index contributed by atoms with van der Waals surface area (Å²) < 4.78 is 29.9. The maximum atomic E-state index is 13.3. The van der Waals surface area contributed by atoms with Crippen LogP contribution < -0.4 is 10.0 Å². The average Bonchev–Trinajstić information content (AvgIpc) is 3.14. The summed E-state index contributed by atoms with van der Waals surface area (Å²) in [6, 6.07) is 4.52. The topological polar surface area (TPSA) is 98.1 Å². The van der Waals surface area contributed by atoms with E-state index >= 15 is 0 Å². The highest BCUT2D eigenvalue weighted by molar-refractivity contribution is 7.80. The average molecular weight is 414 g/mol. The summed E-state index contributed by atoms with van der Waals surface area (Å²) in [5.74, 6) is -1.05. The van der Waals surface area contributed by atoms with Crippen molar-refractivity contribution < 1.29 is 13.4 Å². The van der Waals surface area contributed by atoms with E-state index < -0.39 is 28.9 Å². The van der Waals surface area contributed by atoms with E-state index in [0.717, 1.165) is 6.07 Å². The van der Waals surface area contributed by atoms with Crippen LogP contribution >= 0.6 is 22.9 Å². The minimum atomic E-state index is -1.73. The van der Waals surface area contributed by atoms with Gasteiger partial charge in [-0.05, 0) is 24.6 Å². The lowest BCUT2D eigenvalue weighted by atomic mass is 10.1. The van der Waals surface area contributed by atoms with E-state index in [4.69, 9.17) is 16.9 Å². The molecule has 2 aromatic rings. The highest BCUT2D eigenvalue weighted by Crippen LogP contribution is 2.29. The van der Waals surface area contributed by atoms with E-state index in [1.807, 2.05) is 6.07 Å². The van der Waals surface area contributed by atoms with Crippen molar-refractivity contribution in [2.24, 2.45) is 0 Å². The number of benzene rings is 1. The number of aromatic nitrogens is 1. The van der Waals surface area contributed by atoms with Gasteiger partial charge in [-0.25, -0.2) is 18.3 Å². The number of amides is 1. The van der Waals surface area contributed by atoms with Crippen molar-refractivity contribution in [1.29, 1.82) is 5.26 Å². The third-order valence-electron chi connectivity index (χ3n) is 3.73. The molecule has 11 heteroatoms. The molecule has 26 heavy (non-hydrogen) atoms. The van der Waals surface area contributed by atoms with Gasteiger partial charge in [-0.1, -0.05) is 11.6 Å². The van der Waals surface area contributed by atoms with Gasteiger partial charge >= 0.3 is 0 Å². The molecular weight excluding hydrogens is 401 g/mol. The number of carbonyl (C=O) groups is 1. The lowest BCUT2D eigenvalue weighted by Gasteiger charge is -2.35. The standard InChI is InChI=1S/C15H13ClFN5O2S2/c16-10-7-9(1-2-11(10)17)20-14(23)13-8-12(15-19-4-6-25-15)21-26(24)22(13)5-3-18/h1-2,4,6-7,12-13,21H,5,8H2,(H,20,23). The first-order valence-electron chi connectivity index (χ1n) is 7.46. The van der Waals surface area contributed by atoms with Gasteiger partial charge < -0.3 is 5.32 Å². The Balaban J connectivity index is 1.82. The van der Waals surface area contributed by atoms with E-state index in [1.165, 1.54) is 27.8 Å². The van der Waals surface area contributed by atoms with Crippen molar-refractivity contribution in [3.8, 4) is 6.07 Å². The molecule has 0 aliphatic carbocycles. The summed E-state index contributed by atoms with van der Waals surface area (Å²) in [6.45, 7) is -0.188. The van der Waals surface area contributed by atoms with Crippen molar-refractivity contribution in [2.75, 3.05) is 11.9 Å². The summed E-state index contributed by atoms with van der Waals surface area (Å²) >= 11 is 5.39. The molecule has 1 saturated heterocycles. The molecule has 0 saturated carbocycles. The normalized spacial score (nSPS) is 23.3. The molecule has 0 radical (unpaired) electrons. The number of anilines is 1. The van der Waals surface area contributed by atoms with Crippen LogP contribution in [0.25, 0.3) is 0 Å².